The van der Waals surface area contributed by atoms with Crippen molar-refractivity contribution in [3.8, 4) is 0 Å². The van der Waals surface area contributed by atoms with E-state index in [9.17, 15) is 0 Å². The molecule has 16 heavy (non-hydrogen) atoms. The fourth-order valence-corrected chi connectivity index (χ4v) is 3.30. The third-order valence-electron chi connectivity index (χ3n) is 3.81. The lowest BCUT2D eigenvalue weighted by molar-refractivity contribution is 0.154. The second kappa shape index (κ2) is 8.11. The maximum atomic E-state index is 2.51. The molecule has 1 saturated heterocycles. The molecule has 1 saturated carbocycles. The second-order valence-corrected chi connectivity index (χ2v) is 5.19. The van der Waals surface area contributed by atoms with Crippen LogP contribution in [0.4, 0.5) is 0 Å². The SMILES string of the molecule is CC.CC.CC1CCCC2(CCN(C)C2)C1. The molecule has 1 heteroatoms. The van der Waals surface area contributed by atoms with Gasteiger partial charge in [-0.15, -0.1) is 0 Å². The predicted octanol–water partition coefficient (Wildman–Crippen LogP) is 4.57. The van der Waals surface area contributed by atoms with E-state index >= 15 is 0 Å². The van der Waals surface area contributed by atoms with Crippen LogP contribution >= 0.6 is 0 Å². The first-order chi connectivity index (χ1) is 7.70. The Morgan fingerprint density at radius 3 is 2.12 bits per heavy atom. The van der Waals surface area contributed by atoms with Crippen molar-refractivity contribution < 1.29 is 0 Å². The van der Waals surface area contributed by atoms with Crippen LogP contribution in [0.2, 0.25) is 0 Å². The van der Waals surface area contributed by atoms with Crippen LogP contribution in [0.25, 0.3) is 0 Å². The van der Waals surface area contributed by atoms with Crippen molar-refractivity contribution in [1.82, 2.24) is 4.90 Å². The normalized spacial score (nSPS) is 33.8. The zero-order valence-electron chi connectivity index (χ0n) is 12.5. The van der Waals surface area contributed by atoms with E-state index in [2.05, 4.69) is 18.9 Å². The number of hydrogen-bond acceptors (Lipinski definition) is 1. The van der Waals surface area contributed by atoms with Crippen LogP contribution in [0.1, 0.15) is 66.7 Å². The summed E-state index contributed by atoms with van der Waals surface area (Å²) >= 11 is 0. The molecule has 1 spiro atoms. The zero-order valence-corrected chi connectivity index (χ0v) is 12.5. The molecular formula is C15H33N. The molecule has 0 N–H and O–H groups in total. The highest BCUT2D eigenvalue weighted by molar-refractivity contribution is 4.92. The van der Waals surface area contributed by atoms with Gasteiger partial charge in [-0.25, -0.2) is 0 Å². The first kappa shape index (κ1) is 16.0. The van der Waals surface area contributed by atoms with E-state index in [-0.39, 0.29) is 0 Å². The molecule has 0 bridgehead atoms. The Bertz CT molecular complexity index is 163. The molecule has 0 aromatic rings. The molecule has 1 nitrogen and oxygen atoms in total. The zero-order chi connectivity index (χ0) is 12.6. The van der Waals surface area contributed by atoms with Crippen LogP contribution in [-0.4, -0.2) is 25.0 Å². The summed E-state index contributed by atoms with van der Waals surface area (Å²) in [5.41, 5.74) is 0.742. The van der Waals surface area contributed by atoms with Gasteiger partial charge in [0.25, 0.3) is 0 Å². The summed E-state index contributed by atoms with van der Waals surface area (Å²) in [6.45, 7) is 13.1. The fourth-order valence-electron chi connectivity index (χ4n) is 3.30. The van der Waals surface area contributed by atoms with Crippen molar-refractivity contribution in [3.05, 3.63) is 0 Å². The Hall–Kier alpha value is -0.0400. The summed E-state index contributed by atoms with van der Waals surface area (Å²) < 4.78 is 0. The first-order valence-electron chi connectivity index (χ1n) is 7.39. The lowest BCUT2D eigenvalue weighted by atomic mass is 9.70. The van der Waals surface area contributed by atoms with Gasteiger partial charge in [0.2, 0.25) is 0 Å². The largest absolute Gasteiger partial charge is 0.306 e. The predicted molar refractivity (Wildman–Crippen MR) is 74.9 cm³/mol. The summed E-state index contributed by atoms with van der Waals surface area (Å²) in [6.07, 6.45) is 7.42. The van der Waals surface area contributed by atoms with E-state index in [0.717, 1.165) is 11.3 Å². The smallest absolute Gasteiger partial charge is 0.00355 e. The molecule has 0 amide bonds. The van der Waals surface area contributed by atoms with Gasteiger partial charge >= 0.3 is 0 Å². The summed E-state index contributed by atoms with van der Waals surface area (Å²) in [5, 5.41) is 0. The lowest BCUT2D eigenvalue weighted by Crippen LogP contribution is -2.30. The lowest BCUT2D eigenvalue weighted by Gasteiger charge is -2.36. The van der Waals surface area contributed by atoms with Crippen molar-refractivity contribution in [3.63, 3.8) is 0 Å². The number of nitrogens with zero attached hydrogens (tertiary/aromatic N) is 1. The number of hydrogen-bond donors (Lipinski definition) is 0. The molecule has 0 aromatic carbocycles. The number of likely N-dealkylation sites (tertiary alicyclic amines) is 1. The highest BCUT2D eigenvalue weighted by Crippen LogP contribution is 2.45. The fraction of sp³-hybridized carbons (Fsp3) is 1.00. The average molecular weight is 227 g/mol. The van der Waals surface area contributed by atoms with Crippen LogP contribution in [0.5, 0.6) is 0 Å². The molecule has 2 aliphatic rings. The molecule has 0 radical (unpaired) electrons. The molecule has 1 heterocycles. The third kappa shape index (κ3) is 4.45. The van der Waals surface area contributed by atoms with E-state index in [0.29, 0.717) is 0 Å². The monoisotopic (exact) mass is 227 g/mol. The maximum Gasteiger partial charge on any atom is 0.00355 e. The van der Waals surface area contributed by atoms with E-state index in [1.54, 1.807) is 0 Å². The Morgan fingerprint density at radius 2 is 1.69 bits per heavy atom. The van der Waals surface area contributed by atoms with Crippen molar-refractivity contribution in [2.75, 3.05) is 20.1 Å². The second-order valence-electron chi connectivity index (χ2n) is 5.19. The Balaban J connectivity index is 0.000000509. The van der Waals surface area contributed by atoms with E-state index < -0.39 is 0 Å². The van der Waals surface area contributed by atoms with Gasteiger partial charge in [-0.1, -0.05) is 47.5 Å². The average Bonchev–Trinajstić information content (AvgIpc) is 2.65. The van der Waals surface area contributed by atoms with Gasteiger partial charge in [-0.3, -0.25) is 0 Å². The van der Waals surface area contributed by atoms with Crippen molar-refractivity contribution in [1.29, 1.82) is 0 Å². The minimum atomic E-state index is 0.742. The minimum absolute atomic E-state index is 0.742. The first-order valence-corrected chi connectivity index (χ1v) is 7.39. The summed E-state index contributed by atoms with van der Waals surface area (Å²) in [4.78, 5) is 2.51. The molecule has 2 fully saturated rings. The maximum absolute atomic E-state index is 2.51. The molecule has 2 unspecified atom stereocenters. The standard InChI is InChI=1S/C11H21N.2C2H6/c1-10-4-3-5-11(8-10)6-7-12(2)9-11;2*1-2/h10H,3-9H2,1-2H3;2*1-2H3. The van der Waals surface area contributed by atoms with Crippen LogP contribution in [0.15, 0.2) is 0 Å². The Kier molecular flexibility index (Phi) is 8.09. The van der Waals surface area contributed by atoms with Gasteiger partial charge in [0.15, 0.2) is 0 Å². The molecule has 2 atom stereocenters. The van der Waals surface area contributed by atoms with Gasteiger partial charge in [0.05, 0.1) is 0 Å². The van der Waals surface area contributed by atoms with Crippen LogP contribution in [0.3, 0.4) is 0 Å². The third-order valence-corrected chi connectivity index (χ3v) is 3.81. The molecule has 98 valence electrons. The quantitative estimate of drug-likeness (QED) is 0.586. The molecule has 2 rings (SSSR count). The van der Waals surface area contributed by atoms with Crippen molar-refractivity contribution in [2.45, 2.75) is 66.7 Å². The van der Waals surface area contributed by atoms with Gasteiger partial charge in [-0.2, -0.15) is 0 Å². The Labute approximate surface area is 104 Å². The molecular weight excluding hydrogens is 194 g/mol. The van der Waals surface area contributed by atoms with Crippen molar-refractivity contribution in [2.24, 2.45) is 11.3 Å². The van der Waals surface area contributed by atoms with E-state index in [1.165, 1.54) is 45.2 Å². The molecule has 1 aliphatic carbocycles. The van der Waals surface area contributed by atoms with Gasteiger partial charge in [0, 0.05) is 6.54 Å². The van der Waals surface area contributed by atoms with E-state index in [4.69, 9.17) is 0 Å². The van der Waals surface area contributed by atoms with E-state index in [1.807, 2.05) is 27.7 Å². The number of rotatable bonds is 0. The highest BCUT2D eigenvalue weighted by Gasteiger charge is 2.39. The van der Waals surface area contributed by atoms with Gasteiger partial charge in [-0.05, 0) is 44.2 Å². The van der Waals surface area contributed by atoms with Crippen molar-refractivity contribution >= 4 is 0 Å². The Morgan fingerprint density at radius 1 is 1.06 bits per heavy atom. The minimum Gasteiger partial charge on any atom is -0.306 e. The van der Waals surface area contributed by atoms with Crippen LogP contribution in [-0.2, 0) is 0 Å². The van der Waals surface area contributed by atoms with Gasteiger partial charge < -0.3 is 4.90 Å². The van der Waals surface area contributed by atoms with Gasteiger partial charge in [0.1, 0.15) is 0 Å². The topological polar surface area (TPSA) is 3.24 Å². The molecule has 0 aromatic heterocycles. The van der Waals surface area contributed by atoms with Crippen LogP contribution < -0.4 is 0 Å². The summed E-state index contributed by atoms with van der Waals surface area (Å²) in [7, 11) is 2.27. The van der Waals surface area contributed by atoms with Crippen LogP contribution in [0, 0.1) is 11.3 Å². The molecule has 1 aliphatic heterocycles. The summed E-state index contributed by atoms with van der Waals surface area (Å²) in [5.74, 6) is 0.991. The highest BCUT2D eigenvalue weighted by atomic mass is 15.1. The summed E-state index contributed by atoms with van der Waals surface area (Å²) in [6, 6.07) is 0.